The van der Waals surface area contributed by atoms with Crippen molar-refractivity contribution < 1.29 is 12.8 Å². The van der Waals surface area contributed by atoms with Crippen molar-refractivity contribution >= 4 is 40.6 Å². The summed E-state index contributed by atoms with van der Waals surface area (Å²) in [6.07, 6.45) is 0. The minimum Gasteiger partial charge on any atom is -0.449 e. The summed E-state index contributed by atoms with van der Waals surface area (Å²) in [6, 6.07) is 3.02. The second-order valence-corrected chi connectivity index (χ2v) is 5.33. The summed E-state index contributed by atoms with van der Waals surface area (Å²) < 4.78 is 26.8. The molecule has 0 unspecified atom stereocenters. The summed E-state index contributed by atoms with van der Waals surface area (Å²) in [5, 5.41) is 0. The zero-order valence-electron chi connectivity index (χ0n) is 5.75. The molecular weight excluding hydrogens is 267 g/mol. The highest BCUT2D eigenvalue weighted by Gasteiger charge is 2.16. The largest absolute Gasteiger partial charge is 0.449 e. The summed E-state index contributed by atoms with van der Waals surface area (Å²) in [6.45, 7) is 3.28. The quantitative estimate of drug-likeness (QED) is 0.777. The van der Waals surface area contributed by atoms with Crippen LogP contribution < -0.4 is 0 Å². The maximum atomic E-state index is 10.7. The van der Waals surface area contributed by atoms with Crippen LogP contribution in [0.2, 0.25) is 0 Å². The maximum absolute atomic E-state index is 10.7. The number of halogens is 2. The average molecular weight is 272 g/mol. The van der Waals surface area contributed by atoms with Crippen molar-refractivity contribution in [1.29, 1.82) is 0 Å². The van der Waals surface area contributed by atoms with E-state index >= 15 is 0 Å². The molecule has 0 fully saturated rings. The van der Waals surface area contributed by atoms with E-state index in [9.17, 15) is 8.42 Å². The minimum atomic E-state index is -3.78. The van der Waals surface area contributed by atoms with Crippen LogP contribution in [0.3, 0.4) is 0 Å². The molecule has 0 saturated heterocycles. The highest BCUT2D eigenvalue weighted by molar-refractivity contribution is 9.10. The molecule has 1 aromatic rings. The molecule has 3 nitrogen and oxygen atoms in total. The molecule has 66 valence electrons. The first-order valence-electron chi connectivity index (χ1n) is 2.80. The van der Waals surface area contributed by atoms with E-state index in [1.165, 1.54) is 6.07 Å². The van der Waals surface area contributed by atoms with Gasteiger partial charge in [-0.15, -0.1) is 0 Å². The molecule has 0 aromatic carbocycles. The van der Waals surface area contributed by atoms with Gasteiger partial charge in [-0.25, -0.2) is 8.42 Å². The molecular formula is C6H4BrClO3S. The molecule has 0 radical (unpaired) electrons. The second-order valence-electron chi connectivity index (χ2n) is 1.96. The Morgan fingerprint density at radius 2 is 2.17 bits per heavy atom. The van der Waals surface area contributed by atoms with Gasteiger partial charge >= 0.3 is 0 Å². The lowest BCUT2D eigenvalue weighted by Gasteiger charge is -1.94. The fourth-order valence-electron chi connectivity index (χ4n) is 0.584. The van der Waals surface area contributed by atoms with Crippen LogP contribution in [-0.4, -0.2) is 8.42 Å². The van der Waals surface area contributed by atoms with Crippen molar-refractivity contribution in [3.8, 4) is 0 Å². The number of hydrogen-bond acceptors (Lipinski definition) is 3. The lowest BCUT2D eigenvalue weighted by molar-refractivity contribution is 0.529. The molecule has 0 spiro atoms. The molecule has 0 saturated carbocycles. The Morgan fingerprint density at radius 3 is 2.50 bits per heavy atom. The molecule has 0 atom stereocenters. The van der Waals surface area contributed by atoms with Gasteiger partial charge in [-0.2, -0.15) is 0 Å². The summed E-state index contributed by atoms with van der Waals surface area (Å²) >= 11 is 3.02. The van der Waals surface area contributed by atoms with Crippen LogP contribution in [-0.2, 0) is 9.05 Å². The van der Waals surface area contributed by atoms with Crippen LogP contribution >= 0.6 is 26.6 Å². The van der Waals surface area contributed by atoms with Crippen LogP contribution in [0.5, 0.6) is 0 Å². The third-order valence-electron chi connectivity index (χ3n) is 1.14. The first-order valence-corrected chi connectivity index (χ1v) is 5.91. The van der Waals surface area contributed by atoms with E-state index in [-0.39, 0.29) is 10.7 Å². The standard InChI is InChI=1S/C6H4BrClO3S/c1-4(12(8,9)10)5-2-3-6(7)11-5/h2-3H,1H2. The third-order valence-corrected chi connectivity index (χ3v) is 2.92. The van der Waals surface area contributed by atoms with E-state index in [1.807, 2.05) is 0 Å². The average Bonchev–Trinajstić information content (AvgIpc) is 2.32. The summed E-state index contributed by atoms with van der Waals surface area (Å²) in [5.41, 5.74) is 0. The lowest BCUT2D eigenvalue weighted by Crippen LogP contribution is -1.90. The molecule has 0 aliphatic heterocycles. The number of rotatable bonds is 2. The van der Waals surface area contributed by atoms with Gasteiger partial charge in [0.05, 0.1) is 0 Å². The summed E-state index contributed by atoms with van der Waals surface area (Å²) in [5.74, 6) is 0.136. The van der Waals surface area contributed by atoms with Gasteiger partial charge in [0.25, 0.3) is 9.05 Å². The Balaban J connectivity index is 3.10. The van der Waals surface area contributed by atoms with Crippen LogP contribution in [0, 0.1) is 0 Å². The zero-order valence-corrected chi connectivity index (χ0v) is 8.91. The summed E-state index contributed by atoms with van der Waals surface area (Å²) in [7, 11) is 1.25. The van der Waals surface area contributed by atoms with Crippen molar-refractivity contribution in [2.24, 2.45) is 0 Å². The molecule has 0 aliphatic carbocycles. The van der Waals surface area contributed by atoms with E-state index in [2.05, 4.69) is 22.5 Å². The normalized spacial score (nSPS) is 11.5. The van der Waals surface area contributed by atoms with Crippen LogP contribution in [0.4, 0.5) is 0 Å². The van der Waals surface area contributed by atoms with Gasteiger partial charge in [-0.3, -0.25) is 0 Å². The van der Waals surface area contributed by atoms with E-state index in [4.69, 9.17) is 15.1 Å². The second kappa shape index (κ2) is 3.24. The minimum absolute atomic E-state index is 0.136. The van der Waals surface area contributed by atoms with Gasteiger partial charge in [0.1, 0.15) is 10.7 Å². The lowest BCUT2D eigenvalue weighted by atomic mass is 10.4. The van der Waals surface area contributed by atoms with E-state index in [0.29, 0.717) is 4.67 Å². The van der Waals surface area contributed by atoms with E-state index < -0.39 is 9.05 Å². The number of hydrogen-bond donors (Lipinski definition) is 0. The Labute approximate surface area is 82.6 Å². The van der Waals surface area contributed by atoms with Gasteiger partial charge in [0.2, 0.25) is 0 Å². The fraction of sp³-hybridized carbons (Fsp3) is 0. The smallest absolute Gasteiger partial charge is 0.264 e. The molecule has 1 aromatic heterocycles. The summed E-state index contributed by atoms with van der Waals surface area (Å²) in [4.78, 5) is -0.241. The first kappa shape index (κ1) is 9.83. The van der Waals surface area contributed by atoms with Gasteiger partial charge in [0, 0.05) is 10.7 Å². The van der Waals surface area contributed by atoms with E-state index in [0.717, 1.165) is 0 Å². The Hall–Kier alpha value is -0.260. The van der Waals surface area contributed by atoms with Gasteiger partial charge in [-0.1, -0.05) is 6.58 Å². The molecule has 1 rings (SSSR count). The predicted molar refractivity (Wildman–Crippen MR) is 50.2 cm³/mol. The first-order chi connectivity index (χ1) is 5.41. The monoisotopic (exact) mass is 270 g/mol. The predicted octanol–water partition coefficient (Wildman–Crippen LogP) is 2.58. The Kier molecular flexibility index (Phi) is 2.65. The SMILES string of the molecule is C=C(c1ccc(Br)o1)S(=O)(=O)Cl. The van der Waals surface area contributed by atoms with Gasteiger partial charge < -0.3 is 4.42 Å². The van der Waals surface area contributed by atoms with Crippen LogP contribution in [0.25, 0.3) is 4.91 Å². The maximum Gasteiger partial charge on any atom is 0.264 e. The van der Waals surface area contributed by atoms with Crippen molar-refractivity contribution in [2.45, 2.75) is 0 Å². The van der Waals surface area contributed by atoms with Crippen LogP contribution in [0.1, 0.15) is 5.76 Å². The van der Waals surface area contributed by atoms with Gasteiger partial charge in [-0.05, 0) is 28.1 Å². The van der Waals surface area contributed by atoms with Gasteiger partial charge in [0.15, 0.2) is 4.67 Å². The molecule has 6 heteroatoms. The van der Waals surface area contributed by atoms with Crippen molar-refractivity contribution in [3.05, 3.63) is 29.1 Å². The molecule has 12 heavy (non-hydrogen) atoms. The molecule has 0 N–H and O–H groups in total. The van der Waals surface area contributed by atoms with Crippen molar-refractivity contribution in [1.82, 2.24) is 0 Å². The van der Waals surface area contributed by atoms with Crippen molar-refractivity contribution in [3.63, 3.8) is 0 Å². The fourth-order valence-corrected chi connectivity index (χ4v) is 1.47. The molecule has 0 bridgehead atoms. The highest BCUT2D eigenvalue weighted by atomic mass is 79.9. The Morgan fingerprint density at radius 1 is 1.58 bits per heavy atom. The van der Waals surface area contributed by atoms with Crippen LogP contribution in [0.15, 0.2) is 27.8 Å². The van der Waals surface area contributed by atoms with E-state index in [1.54, 1.807) is 6.07 Å². The zero-order chi connectivity index (χ0) is 9.35. The Bertz CT molecular complexity index is 406. The topological polar surface area (TPSA) is 47.3 Å². The molecule has 0 aliphatic rings. The molecule has 1 heterocycles. The highest BCUT2D eigenvalue weighted by Crippen LogP contribution is 2.25. The third kappa shape index (κ3) is 2.12. The number of furan rings is 1. The van der Waals surface area contributed by atoms with Crippen molar-refractivity contribution in [2.75, 3.05) is 0 Å². The molecule has 0 amide bonds.